The Morgan fingerprint density at radius 1 is 0.477 bits per heavy atom. The highest BCUT2D eigenvalue weighted by molar-refractivity contribution is 6.37. The second-order valence-corrected chi connectivity index (χ2v) is 11.8. The summed E-state index contributed by atoms with van der Waals surface area (Å²) in [7, 11) is 6.93. The van der Waals surface area contributed by atoms with Crippen LogP contribution in [0, 0.1) is 0 Å². The van der Waals surface area contributed by atoms with Crippen molar-refractivity contribution < 1.29 is 0 Å². The van der Waals surface area contributed by atoms with E-state index in [1.165, 1.54) is 44.5 Å². The smallest absolute Gasteiger partial charge is 0.0878 e. The van der Waals surface area contributed by atoms with Crippen molar-refractivity contribution in [2.45, 2.75) is 18.3 Å². The van der Waals surface area contributed by atoms with Gasteiger partial charge in [-0.2, -0.15) is 0 Å². The molecule has 2 aliphatic carbocycles. The maximum atomic E-state index is 6.93. The van der Waals surface area contributed by atoms with Crippen LogP contribution in [0.3, 0.4) is 0 Å². The van der Waals surface area contributed by atoms with Crippen molar-refractivity contribution in [2.24, 2.45) is 0 Å². The molecule has 6 aromatic carbocycles. The van der Waals surface area contributed by atoms with E-state index in [4.69, 9.17) is 7.85 Å². The van der Waals surface area contributed by atoms with Crippen LogP contribution >= 0.6 is 0 Å². The molecule has 0 fully saturated rings. The molecular weight excluding hydrogens is 527 g/mol. The highest BCUT2D eigenvalue weighted by Crippen LogP contribution is 2.56. The van der Waals surface area contributed by atoms with Crippen molar-refractivity contribution in [3.63, 3.8) is 0 Å². The molecule has 0 saturated carbocycles. The van der Waals surface area contributed by atoms with Gasteiger partial charge in [-0.15, -0.1) is 0 Å². The Balaban J connectivity index is 1.41. The predicted molar refractivity (Wildman–Crippen MR) is 186 cm³/mol. The number of hydrogen-bond donors (Lipinski definition) is 0. The molecule has 0 unspecified atom stereocenters. The fourth-order valence-electron chi connectivity index (χ4n) is 7.43. The van der Waals surface area contributed by atoms with Gasteiger partial charge in [0.2, 0.25) is 0 Å². The molecule has 0 heterocycles. The van der Waals surface area contributed by atoms with Gasteiger partial charge < -0.3 is 0 Å². The number of benzene rings is 6. The molecule has 0 bridgehead atoms. The summed E-state index contributed by atoms with van der Waals surface area (Å²) in [5.74, 6) is 0. The van der Waals surface area contributed by atoms with Crippen LogP contribution in [-0.2, 0) is 5.41 Å². The molecule has 1 heteroatoms. The lowest BCUT2D eigenvalue weighted by atomic mass is 9.67. The minimum atomic E-state index is -0.409. The zero-order valence-electron chi connectivity index (χ0n) is 24.6. The fourth-order valence-corrected chi connectivity index (χ4v) is 7.43. The number of hydrogen-bond acceptors (Lipinski definition) is 0. The Kier molecular flexibility index (Phi) is 6.53. The van der Waals surface area contributed by atoms with Gasteiger partial charge >= 0.3 is 0 Å². The van der Waals surface area contributed by atoms with Gasteiger partial charge in [-0.3, -0.25) is 0 Å². The van der Waals surface area contributed by atoms with E-state index in [0.29, 0.717) is 0 Å². The van der Waals surface area contributed by atoms with Crippen molar-refractivity contribution in [1.82, 2.24) is 0 Å². The maximum Gasteiger partial charge on any atom is 0.114 e. The van der Waals surface area contributed by atoms with Crippen LogP contribution in [0.1, 0.15) is 40.7 Å². The van der Waals surface area contributed by atoms with E-state index in [9.17, 15) is 0 Å². The topological polar surface area (TPSA) is 0 Å². The monoisotopic (exact) mass is 558 g/mol. The van der Waals surface area contributed by atoms with Crippen LogP contribution < -0.4 is 5.46 Å². The first-order chi connectivity index (χ1) is 21.7. The molecule has 2 radical (unpaired) electrons. The molecule has 0 nitrogen and oxygen atoms in total. The normalized spacial score (nSPS) is 14.5. The number of allylic oxidation sites excluding steroid dienone is 4. The second-order valence-electron chi connectivity index (χ2n) is 11.8. The summed E-state index contributed by atoms with van der Waals surface area (Å²) in [6.45, 7) is 0. The molecule has 0 atom stereocenters. The standard InChI is InChI=1S/C43H31B/c44-41-29-33(30-15-5-1-6-16-30)28-37(42(41)31-17-7-2-8-18-31)32-25-26-40-38(27-32)36-23-13-14-24-39(36)43(40,34-19-9-3-10-20-34)35-21-11-4-12-22-35/h2-5,7-29H,1,6H2. The van der Waals surface area contributed by atoms with Crippen molar-refractivity contribution in [3.8, 4) is 33.4 Å². The van der Waals surface area contributed by atoms with Crippen LogP contribution in [0.2, 0.25) is 0 Å². The zero-order chi connectivity index (χ0) is 29.5. The van der Waals surface area contributed by atoms with Crippen molar-refractivity contribution in [1.29, 1.82) is 0 Å². The van der Waals surface area contributed by atoms with Gasteiger partial charge in [0.05, 0.1) is 5.41 Å². The van der Waals surface area contributed by atoms with Gasteiger partial charge in [0.15, 0.2) is 0 Å². The predicted octanol–water partition coefficient (Wildman–Crippen LogP) is 9.91. The molecule has 44 heavy (non-hydrogen) atoms. The first-order valence-corrected chi connectivity index (χ1v) is 15.5. The highest BCUT2D eigenvalue weighted by atomic mass is 14.5. The third-order valence-electron chi connectivity index (χ3n) is 9.33. The van der Waals surface area contributed by atoms with Gasteiger partial charge in [-0.05, 0) is 91.7 Å². The lowest BCUT2D eigenvalue weighted by Crippen LogP contribution is -2.28. The third-order valence-corrected chi connectivity index (χ3v) is 9.33. The van der Waals surface area contributed by atoms with Crippen molar-refractivity contribution in [3.05, 3.63) is 192 Å². The lowest BCUT2D eigenvalue weighted by molar-refractivity contribution is 0.768. The first kappa shape index (κ1) is 26.5. The molecule has 0 saturated heterocycles. The molecule has 0 aromatic heterocycles. The number of rotatable bonds is 5. The van der Waals surface area contributed by atoms with Crippen molar-refractivity contribution in [2.75, 3.05) is 0 Å². The van der Waals surface area contributed by atoms with Crippen LogP contribution in [0.25, 0.3) is 39.0 Å². The molecule has 0 amide bonds. The molecule has 206 valence electrons. The SMILES string of the molecule is [B]c1cc(C2=CCCC=C2)cc(-c2ccc3c(c2)-c2ccccc2C3(c2ccccc2)c2ccccc2)c1-c1ccccc1. The van der Waals surface area contributed by atoms with Gasteiger partial charge in [0.25, 0.3) is 0 Å². The van der Waals surface area contributed by atoms with E-state index in [2.05, 4.69) is 164 Å². The average molecular weight is 559 g/mol. The Bertz CT molecular complexity index is 2010. The molecular formula is C43H31B. The second kappa shape index (κ2) is 10.9. The summed E-state index contributed by atoms with van der Waals surface area (Å²) >= 11 is 0. The van der Waals surface area contributed by atoms with Gasteiger partial charge in [0.1, 0.15) is 7.85 Å². The molecule has 0 spiro atoms. The van der Waals surface area contributed by atoms with E-state index in [1.807, 2.05) is 0 Å². The highest BCUT2D eigenvalue weighted by Gasteiger charge is 2.45. The Labute approximate surface area is 261 Å². The van der Waals surface area contributed by atoms with E-state index in [0.717, 1.165) is 40.6 Å². The van der Waals surface area contributed by atoms with E-state index in [-0.39, 0.29) is 0 Å². The van der Waals surface area contributed by atoms with Crippen LogP contribution in [0.5, 0.6) is 0 Å². The van der Waals surface area contributed by atoms with E-state index >= 15 is 0 Å². The lowest BCUT2D eigenvalue weighted by Gasteiger charge is -2.34. The average Bonchev–Trinajstić information content (AvgIpc) is 3.40. The van der Waals surface area contributed by atoms with E-state index < -0.39 is 5.41 Å². The summed E-state index contributed by atoms with van der Waals surface area (Å²) < 4.78 is 0. The van der Waals surface area contributed by atoms with Gasteiger partial charge in [-0.1, -0.05) is 157 Å². The molecule has 2 aliphatic rings. The zero-order valence-corrected chi connectivity index (χ0v) is 24.6. The molecule has 0 aliphatic heterocycles. The largest absolute Gasteiger partial charge is 0.114 e. The Morgan fingerprint density at radius 3 is 1.77 bits per heavy atom. The van der Waals surface area contributed by atoms with Gasteiger partial charge in [0, 0.05) is 0 Å². The molecule has 8 rings (SSSR count). The van der Waals surface area contributed by atoms with Crippen LogP contribution in [0.4, 0.5) is 0 Å². The summed E-state index contributed by atoms with van der Waals surface area (Å²) in [6.07, 6.45) is 8.96. The first-order valence-electron chi connectivity index (χ1n) is 15.5. The Hall–Kier alpha value is -5.14. The number of fused-ring (bicyclic) bond motifs is 3. The fraction of sp³-hybridized carbons (Fsp3) is 0.0698. The maximum absolute atomic E-state index is 6.93. The van der Waals surface area contributed by atoms with E-state index in [1.54, 1.807) is 0 Å². The van der Waals surface area contributed by atoms with Crippen molar-refractivity contribution >= 4 is 18.9 Å². The minimum absolute atomic E-state index is 0.409. The van der Waals surface area contributed by atoms with Crippen LogP contribution in [0.15, 0.2) is 164 Å². The summed E-state index contributed by atoms with van der Waals surface area (Å²) in [6, 6.07) is 53.0. The van der Waals surface area contributed by atoms with Crippen LogP contribution in [-0.4, -0.2) is 7.85 Å². The quantitative estimate of drug-likeness (QED) is 0.185. The summed E-state index contributed by atoms with van der Waals surface area (Å²) in [5.41, 5.74) is 15.1. The minimum Gasteiger partial charge on any atom is -0.0878 e. The summed E-state index contributed by atoms with van der Waals surface area (Å²) in [4.78, 5) is 0. The third kappa shape index (κ3) is 4.15. The molecule has 0 N–H and O–H groups in total. The summed E-state index contributed by atoms with van der Waals surface area (Å²) in [5, 5.41) is 0. The van der Waals surface area contributed by atoms with Gasteiger partial charge in [-0.25, -0.2) is 0 Å². The Morgan fingerprint density at radius 2 is 1.09 bits per heavy atom. The molecule has 6 aromatic rings.